The average Bonchev–Trinajstić information content (AvgIpc) is 2.82. The highest BCUT2D eigenvalue weighted by atomic mass is 79.9. The van der Waals surface area contributed by atoms with E-state index in [9.17, 15) is 4.79 Å². The summed E-state index contributed by atoms with van der Waals surface area (Å²) in [7, 11) is 1.37. The topological polar surface area (TPSA) is 67.9 Å². The lowest BCUT2D eigenvalue weighted by molar-refractivity contribution is 0.0600. The van der Waals surface area contributed by atoms with Crippen LogP contribution in [0.25, 0.3) is 0 Å². The molecule has 0 saturated carbocycles. The van der Waals surface area contributed by atoms with E-state index in [-0.39, 0.29) is 5.97 Å². The third kappa shape index (κ3) is 3.57. The summed E-state index contributed by atoms with van der Waals surface area (Å²) in [6, 6.07) is 5.39. The molecule has 1 heterocycles. The molecule has 0 fully saturated rings. The lowest BCUT2D eigenvalue weighted by atomic mass is 10.1. The molecule has 0 aliphatic carbocycles. The predicted octanol–water partition coefficient (Wildman–Crippen LogP) is 2.95. The van der Waals surface area contributed by atoms with Crippen LogP contribution >= 0.6 is 27.7 Å². The van der Waals surface area contributed by atoms with E-state index in [4.69, 9.17) is 0 Å². The van der Waals surface area contributed by atoms with Crippen molar-refractivity contribution in [3.05, 3.63) is 39.6 Å². The monoisotopic (exact) mass is 341 g/mol. The van der Waals surface area contributed by atoms with Crippen molar-refractivity contribution in [2.24, 2.45) is 0 Å². The lowest BCUT2D eigenvalue weighted by Crippen LogP contribution is -2.01. The number of hydrogen-bond acceptors (Lipinski definition) is 5. The molecule has 2 aromatic rings. The Bertz CT molecular complexity index is 600. The molecule has 0 saturated heterocycles. The van der Waals surface area contributed by atoms with Crippen LogP contribution in [0.2, 0.25) is 0 Å². The smallest absolute Gasteiger partial charge is 0.337 e. The SMILES string of the molecule is COC(=O)c1ccc(CSc2n[nH]c(C)n2)c(Br)c1. The molecule has 0 atom stereocenters. The number of hydrogen-bond donors (Lipinski definition) is 1. The molecule has 0 unspecified atom stereocenters. The summed E-state index contributed by atoms with van der Waals surface area (Å²) in [4.78, 5) is 15.6. The Morgan fingerprint density at radius 2 is 2.32 bits per heavy atom. The number of methoxy groups -OCH3 is 1. The van der Waals surface area contributed by atoms with Crippen LogP contribution in [0.3, 0.4) is 0 Å². The summed E-state index contributed by atoms with van der Waals surface area (Å²) >= 11 is 4.98. The van der Waals surface area contributed by atoms with Gasteiger partial charge in [0.15, 0.2) is 0 Å². The summed E-state index contributed by atoms with van der Waals surface area (Å²) in [5.41, 5.74) is 1.59. The minimum atomic E-state index is -0.343. The van der Waals surface area contributed by atoms with Crippen molar-refractivity contribution in [1.82, 2.24) is 15.2 Å². The Kier molecular flexibility index (Phi) is 4.60. The molecule has 19 heavy (non-hydrogen) atoms. The van der Waals surface area contributed by atoms with E-state index in [1.807, 2.05) is 13.0 Å². The van der Waals surface area contributed by atoms with Crippen molar-refractivity contribution < 1.29 is 9.53 Å². The maximum absolute atomic E-state index is 11.4. The summed E-state index contributed by atoms with van der Waals surface area (Å²) in [5.74, 6) is 1.17. The molecule has 0 spiro atoms. The van der Waals surface area contributed by atoms with E-state index < -0.39 is 0 Å². The Hall–Kier alpha value is -1.34. The van der Waals surface area contributed by atoms with Crippen molar-refractivity contribution >= 4 is 33.7 Å². The molecule has 1 aromatic heterocycles. The number of carbonyl (C=O) groups is 1. The maximum Gasteiger partial charge on any atom is 0.337 e. The normalized spacial score (nSPS) is 10.5. The van der Waals surface area contributed by atoms with Gasteiger partial charge in [-0.3, -0.25) is 5.10 Å². The lowest BCUT2D eigenvalue weighted by Gasteiger charge is -2.05. The fourth-order valence-corrected chi connectivity index (χ4v) is 2.99. The molecule has 7 heteroatoms. The number of nitrogens with zero attached hydrogens (tertiary/aromatic N) is 2. The second-order valence-electron chi connectivity index (χ2n) is 3.79. The Morgan fingerprint density at radius 1 is 1.53 bits per heavy atom. The number of nitrogens with one attached hydrogen (secondary N) is 1. The first-order chi connectivity index (χ1) is 9.10. The molecule has 5 nitrogen and oxygen atoms in total. The zero-order valence-electron chi connectivity index (χ0n) is 10.4. The van der Waals surface area contributed by atoms with Crippen molar-refractivity contribution in [3.8, 4) is 0 Å². The molecule has 0 radical (unpaired) electrons. The van der Waals surface area contributed by atoms with Crippen molar-refractivity contribution in [1.29, 1.82) is 0 Å². The Morgan fingerprint density at radius 3 is 2.89 bits per heavy atom. The number of aryl methyl sites for hydroxylation is 1. The van der Waals surface area contributed by atoms with Gasteiger partial charge in [-0.25, -0.2) is 9.78 Å². The summed E-state index contributed by atoms with van der Waals surface area (Å²) in [6.07, 6.45) is 0. The van der Waals surface area contributed by atoms with Crippen LogP contribution in [-0.4, -0.2) is 28.3 Å². The van der Waals surface area contributed by atoms with Gasteiger partial charge in [-0.2, -0.15) is 0 Å². The van der Waals surface area contributed by atoms with E-state index in [1.165, 1.54) is 18.9 Å². The summed E-state index contributed by atoms with van der Waals surface area (Å²) in [5, 5.41) is 7.56. The fourth-order valence-electron chi connectivity index (χ4n) is 1.44. The van der Waals surface area contributed by atoms with E-state index >= 15 is 0 Å². The molecule has 2 rings (SSSR count). The Balaban J connectivity index is 2.07. The van der Waals surface area contributed by atoms with Gasteiger partial charge in [0, 0.05) is 10.2 Å². The molecule has 100 valence electrons. The van der Waals surface area contributed by atoms with Gasteiger partial charge in [-0.05, 0) is 24.6 Å². The highest BCUT2D eigenvalue weighted by molar-refractivity contribution is 9.10. The van der Waals surface area contributed by atoms with Crippen LogP contribution in [-0.2, 0) is 10.5 Å². The van der Waals surface area contributed by atoms with Crippen LogP contribution in [0.15, 0.2) is 27.8 Å². The number of aromatic amines is 1. The van der Waals surface area contributed by atoms with Crippen molar-refractivity contribution in [2.75, 3.05) is 7.11 Å². The van der Waals surface area contributed by atoms with Crippen LogP contribution in [0.1, 0.15) is 21.7 Å². The first-order valence-electron chi connectivity index (χ1n) is 5.48. The van der Waals surface area contributed by atoms with E-state index in [1.54, 1.807) is 12.1 Å². The van der Waals surface area contributed by atoms with E-state index in [0.29, 0.717) is 10.7 Å². The number of ether oxygens (including phenoxy) is 1. The van der Waals surface area contributed by atoms with Gasteiger partial charge in [0.2, 0.25) is 5.16 Å². The van der Waals surface area contributed by atoms with Gasteiger partial charge in [-0.15, -0.1) is 5.10 Å². The molecule has 0 bridgehead atoms. The Labute approximate surface area is 123 Å². The number of rotatable bonds is 4. The van der Waals surface area contributed by atoms with Gasteiger partial charge < -0.3 is 4.74 Å². The van der Waals surface area contributed by atoms with Crippen LogP contribution in [0.4, 0.5) is 0 Å². The van der Waals surface area contributed by atoms with Crippen LogP contribution in [0, 0.1) is 6.92 Å². The first-order valence-corrected chi connectivity index (χ1v) is 7.26. The zero-order valence-corrected chi connectivity index (χ0v) is 12.8. The van der Waals surface area contributed by atoms with Crippen molar-refractivity contribution in [2.45, 2.75) is 17.8 Å². The molecule has 0 aliphatic heterocycles. The molecular weight excluding hydrogens is 330 g/mol. The van der Waals surface area contributed by atoms with Gasteiger partial charge in [-0.1, -0.05) is 33.8 Å². The number of carbonyl (C=O) groups excluding carboxylic acids is 1. The standard InChI is InChI=1S/C12H12BrN3O2S/c1-7-14-12(16-15-7)19-6-9-4-3-8(5-10(9)13)11(17)18-2/h3-5H,6H2,1-2H3,(H,14,15,16). The van der Waals surface area contributed by atoms with Crippen molar-refractivity contribution in [3.63, 3.8) is 0 Å². The highest BCUT2D eigenvalue weighted by Crippen LogP contribution is 2.26. The number of aromatic nitrogens is 3. The van der Waals surface area contributed by atoms with E-state index in [0.717, 1.165) is 21.6 Å². The van der Waals surface area contributed by atoms with Gasteiger partial charge >= 0.3 is 5.97 Å². The quantitative estimate of drug-likeness (QED) is 0.683. The molecule has 1 aromatic carbocycles. The highest BCUT2D eigenvalue weighted by Gasteiger charge is 2.09. The number of benzene rings is 1. The number of H-pyrrole nitrogens is 1. The molecule has 1 N–H and O–H groups in total. The zero-order chi connectivity index (χ0) is 13.8. The second kappa shape index (κ2) is 6.21. The molecule has 0 amide bonds. The third-order valence-corrected chi connectivity index (χ3v) is 4.04. The minimum Gasteiger partial charge on any atom is -0.465 e. The van der Waals surface area contributed by atoms with E-state index in [2.05, 4.69) is 35.8 Å². The summed E-state index contributed by atoms with van der Waals surface area (Å²) < 4.78 is 5.54. The van der Waals surface area contributed by atoms with Gasteiger partial charge in [0.1, 0.15) is 5.82 Å². The first kappa shape index (κ1) is 14.1. The van der Waals surface area contributed by atoms with Gasteiger partial charge in [0.05, 0.1) is 12.7 Å². The van der Waals surface area contributed by atoms with Gasteiger partial charge in [0.25, 0.3) is 0 Å². The number of halogens is 1. The molecular formula is C12H12BrN3O2S. The fraction of sp³-hybridized carbons (Fsp3) is 0.250. The van der Waals surface area contributed by atoms with Crippen LogP contribution in [0.5, 0.6) is 0 Å². The number of thioether (sulfide) groups is 1. The third-order valence-electron chi connectivity index (χ3n) is 2.41. The number of esters is 1. The second-order valence-corrected chi connectivity index (χ2v) is 5.59. The van der Waals surface area contributed by atoms with Crippen LogP contribution < -0.4 is 0 Å². The maximum atomic E-state index is 11.4. The average molecular weight is 342 g/mol. The molecule has 0 aliphatic rings. The minimum absolute atomic E-state index is 0.343. The summed E-state index contributed by atoms with van der Waals surface area (Å²) in [6.45, 7) is 1.86. The predicted molar refractivity (Wildman–Crippen MR) is 76.2 cm³/mol. The largest absolute Gasteiger partial charge is 0.465 e.